The first-order valence-corrected chi connectivity index (χ1v) is 10.5. The Labute approximate surface area is 192 Å². The average molecular weight is 459 g/mol. The summed E-state index contributed by atoms with van der Waals surface area (Å²) in [5, 5.41) is 13.9. The van der Waals surface area contributed by atoms with Crippen molar-refractivity contribution in [3.8, 4) is 17.2 Å². The van der Waals surface area contributed by atoms with Crippen molar-refractivity contribution in [2.45, 2.75) is 32.9 Å². The van der Waals surface area contributed by atoms with Crippen LogP contribution in [0.4, 0.5) is 5.69 Å². The molecule has 0 aromatic heterocycles. The Morgan fingerprint density at radius 1 is 1.12 bits per heavy atom. The molecule has 178 valence electrons. The number of hydrogen-bond donors (Lipinski definition) is 1. The van der Waals surface area contributed by atoms with Gasteiger partial charge in [0.15, 0.2) is 6.61 Å². The van der Waals surface area contributed by atoms with Crippen molar-refractivity contribution >= 4 is 17.5 Å². The molecule has 0 spiro atoms. The van der Waals surface area contributed by atoms with Gasteiger partial charge in [-0.15, -0.1) is 0 Å². The SMILES string of the molecule is CCCNC(=O)[C@H](C)N(Cc1cccc(OC)c1)C(=O)COc1ccc([N+](=O)[O-])c(OC)c1. The maximum absolute atomic E-state index is 13.1. The largest absolute Gasteiger partial charge is 0.497 e. The summed E-state index contributed by atoms with van der Waals surface area (Å²) in [5.74, 6) is 0.192. The summed E-state index contributed by atoms with van der Waals surface area (Å²) in [5.41, 5.74) is 0.576. The summed E-state index contributed by atoms with van der Waals surface area (Å²) in [7, 11) is 2.86. The molecule has 0 aliphatic carbocycles. The Balaban J connectivity index is 2.19. The minimum absolute atomic E-state index is 0.0190. The number of carbonyl (C=O) groups is 2. The lowest BCUT2D eigenvalue weighted by Gasteiger charge is -2.28. The molecule has 2 aromatic rings. The van der Waals surface area contributed by atoms with Crippen LogP contribution in [0, 0.1) is 10.1 Å². The third-order valence-electron chi connectivity index (χ3n) is 4.91. The number of benzene rings is 2. The minimum atomic E-state index is -0.745. The summed E-state index contributed by atoms with van der Waals surface area (Å²) in [6, 6.07) is 10.4. The number of nitro groups is 1. The number of hydrogen-bond acceptors (Lipinski definition) is 7. The topological polar surface area (TPSA) is 120 Å². The van der Waals surface area contributed by atoms with E-state index in [1.807, 2.05) is 13.0 Å². The highest BCUT2D eigenvalue weighted by atomic mass is 16.6. The van der Waals surface area contributed by atoms with Gasteiger partial charge in [-0.1, -0.05) is 19.1 Å². The number of carbonyl (C=O) groups excluding carboxylic acids is 2. The molecule has 0 saturated heterocycles. The van der Waals surface area contributed by atoms with Crippen molar-refractivity contribution in [3.63, 3.8) is 0 Å². The first-order chi connectivity index (χ1) is 15.8. The van der Waals surface area contributed by atoms with Crippen LogP contribution in [0.25, 0.3) is 0 Å². The zero-order chi connectivity index (χ0) is 24.4. The van der Waals surface area contributed by atoms with Gasteiger partial charge < -0.3 is 24.4 Å². The molecule has 10 nitrogen and oxygen atoms in total. The van der Waals surface area contributed by atoms with E-state index in [9.17, 15) is 19.7 Å². The molecule has 33 heavy (non-hydrogen) atoms. The number of methoxy groups -OCH3 is 2. The molecule has 0 bridgehead atoms. The second-order valence-corrected chi connectivity index (χ2v) is 7.22. The van der Waals surface area contributed by atoms with Crippen LogP contribution in [0.2, 0.25) is 0 Å². The van der Waals surface area contributed by atoms with Crippen LogP contribution in [0.1, 0.15) is 25.8 Å². The molecule has 0 radical (unpaired) electrons. The van der Waals surface area contributed by atoms with E-state index < -0.39 is 16.9 Å². The molecule has 0 aliphatic heterocycles. The zero-order valence-corrected chi connectivity index (χ0v) is 19.2. The van der Waals surface area contributed by atoms with E-state index in [4.69, 9.17) is 14.2 Å². The average Bonchev–Trinajstić information content (AvgIpc) is 2.83. The molecular formula is C23H29N3O7. The van der Waals surface area contributed by atoms with E-state index in [0.717, 1.165) is 12.0 Å². The van der Waals surface area contributed by atoms with Crippen LogP contribution in [0.5, 0.6) is 17.2 Å². The number of nitro benzene ring substituents is 1. The highest BCUT2D eigenvalue weighted by Gasteiger charge is 2.26. The highest BCUT2D eigenvalue weighted by molar-refractivity contribution is 5.88. The summed E-state index contributed by atoms with van der Waals surface area (Å²) in [6.07, 6.45) is 0.771. The first-order valence-electron chi connectivity index (χ1n) is 10.5. The zero-order valence-electron chi connectivity index (χ0n) is 19.2. The molecule has 1 atom stereocenters. The van der Waals surface area contributed by atoms with Gasteiger partial charge in [-0.3, -0.25) is 19.7 Å². The number of nitrogens with zero attached hydrogens (tertiary/aromatic N) is 2. The fourth-order valence-corrected chi connectivity index (χ4v) is 3.07. The van der Waals surface area contributed by atoms with Gasteiger partial charge in [0.2, 0.25) is 11.7 Å². The molecule has 0 saturated carbocycles. The van der Waals surface area contributed by atoms with Crippen LogP contribution in [-0.2, 0) is 16.1 Å². The monoisotopic (exact) mass is 459 g/mol. The third-order valence-corrected chi connectivity index (χ3v) is 4.91. The highest BCUT2D eigenvalue weighted by Crippen LogP contribution is 2.30. The molecule has 0 fully saturated rings. The Morgan fingerprint density at radius 3 is 2.52 bits per heavy atom. The van der Waals surface area contributed by atoms with Crippen molar-refractivity contribution in [3.05, 3.63) is 58.1 Å². The Morgan fingerprint density at radius 2 is 1.88 bits per heavy atom. The lowest BCUT2D eigenvalue weighted by molar-refractivity contribution is -0.385. The molecule has 0 aliphatic rings. The predicted molar refractivity (Wildman–Crippen MR) is 121 cm³/mol. The van der Waals surface area contributed by atoms with E-state index in [1.165, 1.54) is 30.2 Å². The second-order valence-electron chi connectivity index (χ2n) is 7.22. The lowest BCUT2D eigenvalue weighted by Crippen LogP contribution is -2.49. The minimum Gasteiger partial charge on any atom is -0.497 e. The quantitative estimate of drug-likeness (QED) is 0.383. The summed E-state index contributed by atoms with van der Waals surface area (Å²) in [6.45, 7) is 3.90. The number of amides is 2. The van der Waals surface area contributed by atoms with Gasteiger partial charge in [0, 0.05) is 25.2 Å². The standard InChI is InChI=1S/C23H29N3O7/c1-5-11-24-23(28)16(2)25(14-17-7-6-8-18(12-17)31-3)22(27)15-33-19-9-10-20(26(29)30)21(13-19)32-4/h6-10,12-13,16H,5,11,14-15H2,1-4H3,(H,24,28)/t16-/m0/s1. The Hall–Kier alpha value is -3.82. The maximum Gasteiger partial charge on any atom is 0.311 e. The summed E-state index contributed by atoms with van der Waals surface area (Å²) in [4.78, 5) is 37.6. The molecule has 1 N–H and O–H groups in total. The third kappa shape index (κ3) is 7.09. The maximum atomic E-state index is 13.1. The second kappa shape index (κ2) is 12.3. The molecule has 0 unspecified atom stereocenters. The predicted octanol–water partition coefficient (Wildman–Crippen LogP) is 2.93. The Bertz CT molecular complexity index is 980. The summed E-state index contributed by atoms with van der Waals surface area (Å²) < 4.78 is 15.8. The summed E-state index contributed by atoms with van der Waals surface area (Å²) >= 11 is 0. The van der Waals surface area contributed by atoms with E-state index in [-0.39, 0.29) is 36.2 Å². The smallest absolute Gasteiger partial charge is 0.311 e. The normalized spacial score (nSPS) is 11.3. The lowest BCUT2D eigenvalue weighted by atomic mass is 10.1. The molecule has 10 heteroatoms. The molecule has 2 aromatic carbocycles. The number of nitrogens with one attached hydrogen (secondary N) is 1. The van der Waals surface area contributed by atoms with E-state index >= 15 is 0 Å². The fourth-order valence-electron chi connectivity index (χ4n) is 3.07. The van der Waals surface area contributed by atoms with Gasteiger partial charge in [-0.2, -0.15) is 0 Å². The van der Waals surface area contributed by atoms with Gasteiger partial charge in [0.25, 0.3) is 5.91 Å². The van der Waals surface area contributed by atoms with Crippen LogP contribution >= 0.6 is 0 Å². The number of ether oxygens (including phenoxy) is 3. The van der Waals surface area contributed by atoms with Crippen molar-refractivity contribution in [2.75, 3.05) is 27.4 Å². The van der Waals surface area contributed by atoms with Gasteiger partial charge in [0.1, 0.15) is 17.5 Å². The molecule has 2 amide bonds. The van der Waals surface area contributed by atoms with Crippen molar-refractivity contribution in [1.29, 1.82) is 0 Å². The van der Waals surface area contributed by atoms with Crippen molar-refractivity contribution in [2.24, 2.45) is 0 Å². The van der Waals surface area contributed by atoms with Gasteiger partial charge in [-0.25, -0.2) is 0 Å². The van der Waals surface area contributed by atoms with Crippen LogP contribution in [-0.4, -0.2) is 55.1 Å². The van der Waals surface area contributed by atoms with Crippen LogP contribution in [0.15, 0.2) is 42.5 Å². The van der Waals surface area contributed by atoms with Crippen LogP contribution < -0.4 is 19.5 Å². The van der Waals surface area contributed by atoms with E-state index in [0.29, 0.717) is 12.3 Å². The fraction of sp³-hybridized carbons (Fsp3) is 0.391. The van der Waals surface area contributed by atoms with E-state index in [2.05, 4.69) is 5.32 Å². The molecular weight excluding hydrogens is 430 g/mol. The van der Waals surface area contributed by atoms with Gasteiger partial charge >= 0.3 is 5.69 Å². The van der Waals surface area contributed by atoms with E-state index in [1.54, 1.807) is 32.2 Å². The van der Waals surface area contributed by atoms with Gasteiger partial charge in [0.05, 0.1) is 19.1 Å². The molecule has 0 heterocycles. The Kier molecular flexibility index (Phi) is 9.46. The van der Waals surface area contributed by atoms with Gasteiger partial charge in [-0.05, 0) is 37.1 Å². The van der Waals surface area contributed by atoms with Crippen LogP contribution in [0.3, 0.4) is 0 Å². The number of rotatable bonds is 12. The van der Waals surface area contributed by atoms with Crippen molar-refractivity contribution < 1.29 is 28.7 Å². The first kappa shape index (κ1) is 25.4. The van der Waals surface area contributed by atoms with Crippen molar-refractivity contribution in [1.82, 2.24) is 10.2 Å². The molecule has 2 rings (SSSR count).